The van der Waals surface area contributed by atoms with Crippen molar-refractivity contribution in [3.63, 3.8) is 0 Å². The molecule has 0 aliphatic carbocycles. The SMILES string of the molecule is Cc1c(C(=O)Nc2ccnnc2)cnn1C(C)(C)C. The summed E-state index contributed by atoms with van der Waals surface area (Å²) in [5.41, 5.74) is 1.86. The Morgan fingerprint density at radius 1 is 1.26 bits per heavy atom. The van der Waals surface area contributed by atoms with Crippen LogP contribution in [0.15, 0.2) is 24.7 Å². The van der Waals surface area contributed by atoms with Crippen LogP contribution < -0.4 is 5.32 Å². The van der Waals surface area contributed by atoms with Crippen LogP contribution in [0.25, 0.3) is 0 Å². The normalized spacial score (nSPS) is 11.4. The van der Waals surface area contributed by atoms with E-state index in [-0.39, 0.29) is 11.4 Å². The van der Waals surface area contributed by atoms with Crippen LogP contribution in [0.5, 0.6) is 0 Å². The topological polar surface area (TPSA) is 72.7 Å². The van der Waals surface area contributed by atoms with Gasteiger partial charge in [0, 0.05) is 5.69 Å². The number of carbonyl (C=O) groups excluding carboxylic acids is 1. The molecule has 0 aliphatic rings. The van der Waals surface area contributed by atoms with Crippen molar-refractivity contribution in [2.24, 2.45) is 0 Å². The summed E-state index contributed by atoms with van der Waals surface area (Å²) < 4.78 is 1.84. The van der Waals surface area contributed by atoms with E-state index < -0.39 is 0 Å². The second-order valence-electron chi connectivity index (χ2n) is 5.31. The van der Waals surface area contributed by atoms with E-state index in [2.05, 4.69) is 20.6 Å². The first-order chi connectivity index (χ1) is 8.89. The molecule has 19 heavy (non-hydrogen) atoms. The molecule has 0 fully saturated rings. The standard InChI is InChI=1S/C13H17N5O/c1-9-11(8-16-18(9)13(2,3)4)12(19)17-10-5-6-14-15-7-10/h5-8H,1-4H3,(H,14,17,19). The lowest BCUT2D eigenvalue weighted by Gasteiger charge is -2.21. The monoisotopic (exact) mass is 259 g/mol. The number of anilines is 1. The molecule has 2 rings (SSSR count). The zero-order chi connectivity index (χ0) is 14.0. The van der Waals surface area contributed by atoms with Crippen LogP contribution in [0.4, 0.5) is 5.69 Å². The summed E-state index contributed by atoms with van der Waals surface area (Å²) in [6, 6.07) is 1.69. The molecule has 0 aromatic carbocycles. The van der Waals surface area contributed by atoms with Crippen molar-refractivity contribution in [1.29, 1.82) is 0 Å². The quantitative estimate of drug-likeness (QED) is 0.895. The van der Waals surface area contributed by atoms with Crippen molar-refractivity contribution in [3.05, 3.63) is 35.9 Å². The minimum Gasteiger partial charge on any atom is -0.320 e. The second-order valence-corrected chi connectivity index (χ2v) is 5.31. The van der Waals surface area contributed by atoms with E-state index in [0.29, 0.717) is 11.3 Å². The predicted molar refractivity (Wildman–Crippen MR) is 71.9 cm³/mol. The molecule has 0 bridgehead atoms. The fourth-order valence-electron chi connectivity index (χ4n) is 1.87. The molecular weight excluding hydrogens is 242 g/mol. The smallest absolute Gasteiger partial charge is 0.259 e. The number of hydrogen-bond acceptors (Lipinski definition) is 4. The van der Waals surface area contributed by atoms with Gasteiger partial charge in [0.15, 0.2) is 0 Å². The van der Waals surface area contributed by atoms with Crippen LogP contribution in [-0.2, 0) is 5.54 Å². The Morgan fingerprint density at radius 3 is 2.53 bits per heavy atom. The number of nitrogens with one attached hydrogen (secondary N) is 1. The Bertz CT molecular complexity index is 583. The van der Waals surface area contributed by atoms with Crippen LogP contribution in [-0.4, -0.2) is 25.9 Å². The lowest BCUT2D eigenvalue weighted by atomic mass is 10.1. The third kappa shape index (κ3) is 2.78. The van der Waals surface area contributed by atoms with E-state index in [1.54, 1.807) is 12.3 Å². The first-order valence-corrected chi connectivity index (χ1v) is 6.03. The Balaban J connectivity index is 2.24. The number of amides is 1. The minimum absolute atomic E-state index is 0.152. The Hall–Kier alpha value is -2.24. The number of rotatable bonds is 2. The molecule has 0 saturated carbocycles. The van der Waals surface area contributed by atoms with Gasteiger partial charge in [-0.3, -0.25) is 9.48 Å². The van der Waals surface area contributed by atoms with Gasteiger partial charge in [0.05, 0.1) is 35.4 Å². The molecule has 6 heteroatoms. The van der Waals surface area contributed by atoms with E-state index in [4.69, 9.17) is 0 Å². The van der Waals surface area contributed by atoms with Gasteiger partial charge in [-0.15, -0.1) is 0 Å². The van der Waals surface area contributed by atoms with Crippen molar-refractivity contribution in [3.8, 4) is 0 Å². The molecule has 0 saturated heterocycles. The van der Waals surface area contributed by atoms with Gasteiger partial charge in [-0.1, -0.05) is 0 Å². The zero-order valence-electron chi connectivity index (χ0n) is 11.5. The second kappa shape index (κ2) is 4.79. The molecule has 0 spiro atoms. The highest BCUT2D eigenvalue weighted by molar-refractivity contribution is 6.04. The molecule has 2 aromatic rings. The van der Waals surface area contributed by atoms with E-state index in [1.807, 2.05) is 32.4 Å². The van der Waals surface area contributed by atoms with Crippen LogP contribution in [0.1, 0.15) is 36.8 Å². The molecule has 0 aliphatic heterocycles. The molecule has 6 nitrogen and oxygen atoms in total. The summed E-state index contributed by atoms with van der Waals surface area (Å²) in [6.07, 6.45) is 4.62. The molecule has 1 amide bonds. The van der Waals surface area contributed by atoms with Crippen LogP contribution in [0.3, 0.4) is 0 Å². The maximum absolute atomic E-state index is 12.2. The highest BCUT2D eigenvalue weighted by Gasteiger charge is 2.21. The largest absolute Gasteiger partial charge is 0.320 e. The van der Waals surface area contributed by atoms with Gasteiger partial charge in [-0.05, 0) is 33.8 Å². The summed E-state index contributed by atoms with van der Waals surface area (Å²) >= 11 is 0. The highest BCUT2D eigenvalue weighted by Crippen LogP contribution is 2.19. The number of aromatic nitrogens is 4. The van der Waals surface area contributed by atoms with Crippen molar-refractivity contribution in [2.75, 3.05) is 5.32 Å². The minimum atomic E-state index is -0.194. The Labute approximate surface area is 111 Å². The maximum atomic E-state index is 12.2. The first-order valence-electron chi connectivity index (χ1n) is 6.03. The molecule has 0 unspecified atom stereocenters. The average Bonchev–Trinajstić information content (AvgIpc) is 2.72. The van der Waals surface area contributed by atoms with Crippen molar-refractivity contribution < 1.29 is 4.79 Å². The van der Waals surface area contributed by atoms with Gasteiger partial charge in [0.1, 0.15) is 0 Å². The van der Waals surface area contributed by atoms with E-state index in [1.165, 1.54) is 12.4 Å². The fraction of sp³-hybridized carbons (Fsp3) is 0.385. The molecule has 1 N–H and O–H groups in total. The summed E-state index contributed by atoms with van der Waals surface area (Å²) in [7, 11) is 0. The van der Waals surface area contributed by atoms with Crippen LogP contribution in [0, 0.1) is 6.92 Å². The molecule has 2 aromatic heterocycles. The van der Waals surface area contributed by atoms with Gasteiger partial charge in [0.2, 0.25) is 0 Å². The third-order valence-electron chi connectivity index (χ3n) is 2.73. The maximum Gasteiger partial charge on any atom is 0.259 e. The van der Waals surface area contributed by atoms with Gasteiger partial charge in [-0.25, -0.2) is 0 Å². The predicted octanol–water partition coefficient (Wildman–Crippen LogP) is 1.99. The summed E-state index contributed by atoms with van der Waals surface area (Å²) in [4.78, 5) is 12.2. The summed E-state index contributed by atoms with van der Waals surface area (Å²) in [5.74, 6) is -0.194. The lowest BCUT2D eigenvalue weighted by Crippen LogP contribution is -2.25. The van der Waals surface area contributed by atoms with Crippen molar-refractivity contribution >= 4 is 11.6 Å². The Morgan fingerprint density at radius 2 is 2.00 bits per heavy atom. The summed E-state index contributed by atoms with van der Waals surface area (Å²) in [6.45, 7) is 8.02. The number of carbonyl (C=O) groups is 1. The molecular formula is C13H17N5O. The van der Waals surface area contributed by atoms with Gasteiger partial charge in [-0.2, -0.15) is 15.3 Å². The Kier molecular flexibility index (Phi) is 3.33. The van der Waals surface area contributed by atoms with Crippen molar-refractivity contribution in [2.45, 2.75) is 33.2 Å². The van der Waals surface area contributed by atoms with Gasteiger partial charge in [0.25, 0.3) is 5.91 Å². The fourth-order valence-corrected chi connectivity index (χ4v) is 1.87. The molecule has 0 atom stereocenters. The average molecular weight is 259 g/mol. The first kappa shape index (κ1) is 13.2. The zero-order valence-corrected chi connectivity index (χ0v) is 11.5. The number of hydrogen-bond donors (Lipinski definition) is 1. The van der Waals surface area contributed by atoms with E-state index in [9.17, 15) is 4.79 Å². The van der Waals surface area contributed by atoms with E-state index >= 15 is 0 Å². The molecule has 0 radical (unpaired) electrons. The van der Waals surface area contributed by atoms with Gasteiger partial charge >= 0.3 is 0 Å². The highest BCUT2D eigenvalue weighted by atomic mass is 16.1. The third-order valence-corrected chi connectivity index (χ3v) is 2.73. The summed E-state index contributed by atoms with van der Waals surface area (Å²) in [5, 5.41) is 14.4. The van der Waals surface area contributed by atoms with Gasteiger partial charge < -0.3 is 5.32 Å². The molecule has 100 valence electrons. The lowest BCUT2D eigenvalue weighted by molar-refractivity contribution is 0.102. The number of nitrogens with zero attached hydrogens (tertiary/aromatic N) is 4. The van der Waals surface area contributed by atoms with Crippen LogP contribution in [0.2, 0.25) is 0 Å². The van der Waals surface area contributed by atoms with E-state index in [0.717, 1.165) is 5.69 Å². The van der Waals surface area contributed by atoms with Crippen molar-refractivity contribution in [1.82, 2.24) is 20.0 Å². The molecule has 2 heterocycles. The van der Waals surface area contributed by atoms with Crippen LogP contribution >= 0.6 is 0 Å².